The maximum atomic E-state index is 11.4. The quantitative estimate of drug-likeness (QED) is 0.763. The summed E-state index contributed by atoms with van der Waals surface area (Å²) in [7, 11) is 3.36. The van der Waals surface area contributed by atoms with Crippen molar-refractivity contribution >= 4 is 21.9 Å². The summed E-state index contributed by atoms with van der Waals surface area (Å²) in [4.78, 5) is 13.6. The molecule has 0 spiro atoms. The number of esters is 1. The van der Waals surface area contributed by atoms with Crippen molar-refractivity contribution in [1.29, 1.82) is 0 Å². The van der Waals surface area contributed by atoms with Crippen molar-refractivity contribution in [1.82, 2.24) is 4.90 Å². The van der Waals surface area contributed by atoms with Gasteiger partial charge in [0.1, 0.15) is 5.76 Å². The number of halogens is 1. The third-order valence-corrected chi connectivity index (χ3v) is 4.24. The van der Waals surface area contributed by atoms with E-state index in [0.717, 1.165) is 16.8 Å². The van der Waals surface area contributed by atoms with Crippen molar-refractivity contribution in [2.75, 3.05) is 14.2 Å². The monoisotopic (exact) mass is 351 g/mol. The van der Waals surface area contributed by atoms with E-state index in [2.05, 4.69) is 31.6 Å². The van der Waals surface area contributed by atoms with Crippen LogP contribution in [0.15, 0.2) is 45.3 Å². The minimum absolute atomic E-state index is 0.0514. The molecular weight excluding hydrogens is 334 g/mol. The standard InChI is InChI=1S/C16H18BrNO3/c1-11(14-8-9-15(21-14)16(19)20-3)18(2)10-12-6-4-5-7-13(12)17/h4-9,11H,10H2,1-3H3. The molecule has 112 valence electrons. The summed E-state index contributed by atoms with van der Waals surface area (Å²) in [5.41, 5.74) is 1.20. The molecular formula is C16H18BrNO3. The molecule has 1 unspecified atom stereocenters. The normalized spacial score (nSPS) is 12.4. The van der Waals surface area contributed by atoms with Crippen LogP contribution < -0.4 is 0 Å². The van der Waals surface area contributed by atoms with Crippen LogP contribution in [0.4, 0.5) is 0 Å². The van der Waals surface area contributed by atoms with Gasteiger partial charge in [-0.2, -0.15) is 0 Å². The van der Waals surface area contributed by atoms with Crippen LogP contribution in [-0.4, -0.2) is 25.0 Å². The first-order chi connectivity index (χ1) is 10.0. The molecule has 0 bridgehead atoms. The minimum Gasteiger partial charge on any atom is -0.463 e. The maximum Gasteiger partial charge on any atom is 0.373 e. The highest BCUT2D eigenvalue weighted by atomic mass is 79.9. The fourth-order valence-electron chi connectivity index (χ4n) is 2.04. The Morgan fingerprint density at radius 1 is 1.33 bits per heavy atom. The lowest BCUT2D eigenvalue weighted by Crippen LogP contribution is -2.21. The predicted molar refractivity (Wildman–Crippen MR) is 84.1 cm³/mol. The number of rotatable bonds is 5. The van der Waals surface area contributed by atoms with Gasteiger partial charge in [-0.15, -0.1) is 0 Å². The van der Waals surface area contributed by atoms with Gasteiger partial charge in [-0.3, -0.25) is 4.90 Å². The summed E-state index contributed by atoms with van der Waals surface area (Å²) in [5.74, 6) is 0.514. The molecule has 0 aliphatic heterocycles. The third kappa shape index (κ3) is 3.74. The van der Waals surface area contributed by atoms with E-state index in [9.17, 15) is 4.79 Å². The second kappa shape index (κ2) is 6.91. The molecule has 2 rings (SSSR count). The van der Waals surface area contributed by atoms with E-state index in [1.165, 1.54) is 12.7 Å². The van der Waals surface area contributed by atoms with E-state index in [-0.39, 0.29) is 11.8 Å². The molecule has 21 heavy (non-hydrogen) atoms. The second-order valence-electron chi connectivity index (χ2n) is 4.88. The largest absolute Gasteiger partial charge is 0.463 e. The molecule has 1 heterocycles. The van der Waals surface area contributed by atoms with Gasteiger partial charge in [0.25, 0.3) is 0 Å². The number of benzene rings is 1. The smallest absolute Gasteiger partial charge is 0.373 e. The van der Waals surface area contributed by atoms with Crippen molar-refractivity contribution in [3.8, 4) is 0 Å². The summed E-state index contributed by atoms with van der Waals surface area (Å²) in [6, 6.07) is 11.6. The number of hydrogen-bond acceptors (Lipinski definition) is 4. The highest BCUT2D eigenvalue weighted by molar-refractivity contribution is 9.10. The number of hydrogen-bond donors (Lipinski definition) is 0. The molecule has 4 nitrogen and oxygen atoms in total. The SMILES string of the molecule is COC(=O)c1ccc(C(C)N(C)Cc2ccccc2Br)o1. The van der Waals surface area contributed by atoms with E-state index < -0.39 is 5.97 Å². The Labute approximate surface area is 132 Å². The lowest BCUT2D eigenvalue weighted by atomic mass is 10.1. The average molecular weight is 352 g/mol. The average Bonchev–Trinajstić information content (AvgIpc) is 2.97. The molecule has 0 saturated heterocycles. The van der Waals surface area contributed by atoms with E-state index in [1.807, 2.05) is 38.2 Å². The highest BCUT2D eigenvalue weighted by Crippen LogP contribution is 2.25. The van der Waals surface area contributed by atoms with Crippen LogP contribution in [0.25, 0.3) is 0 Å². The van der Waals surface area contributed by atoms with E-state index in [4.69, 9.17) is 4.42 Å². The van der Waals surface area contributed by atoms with E-state index >= 15 is 0 Å². The Hall–Kier alpha value is -1.59. The topological polar surface area (TPSA) is 42.7 Å². The van der Waals surface area contributed by atoms with Crippen molar-refractivity contribution < 1.29 is 13.9 Å². The minimum atomic E-state index is -0.457. The maximum absolute atomic E-state index is 11.4. The Morgan fingerprint density at radius 3 is 2.71 bits per heavy atom. The number of carbonyl (C=O) groups is 1. The molecule has 1 atom stereocenters. The van der Waals surface area contributed by atoms with Gasteiger partial charge in [0.2, 0.25) is 5.76 Å². The molecule has 1 aromatic carbocycles. The zero-order valence-electron chi connectivity index (χ0n) is 12.3. The molecule has 1 aromatic heterocycles. The second-order valence-corrected chi connectivity index (χ2v) is 5.73. The van der Waals surface area contributed by atoms with Gasteiger partial charge in [0, 0.05) is 11.0 Å². The van der Waals surface area contributed by atoms with Gasteiger partial charge < -0.3 is 9.15 Å². The fourth-order valence-corrected chi connectivity index (χ4v) is 2.45. The van der Waals surface area contributed by atoms with Crippen molar-refractivity contribution in [2.45, 2.75) is 19.5 Å². The predicted octanol–water partition coefficient (Wildman–Crippen LogP) is 4.02. The molecule has 5 heteroatoms. The van der Waals surface area contributed by atoms with E-state index in [0.29, 0.717) is 0 Å². The van der Waals surface area contributed by atoms with Crippen LogP contribution in [0, 0.1) is 0 Å². The number of nitrogens with zero attached hydrogens (tertiary/aromatic N) is 1. The lowest BCUT2D eigenvalue weighted by molar-refractivity contribution is 0.0559. The van der Waals surface area contributed by atoms with Gasteiger partial charge in [-0.05, 0) is 37.7 Å². The van der Waals surface area contributed by atoms with Crippen LogP contribution in [0.1, 0.15) is 34.8 Å². The van der Waals surface area contributed by atoms with Crippen LogP contribution in [0.5, 0.6) is 0 Å². The lowest BCUT2D eigenvalue weighted by Gasteiger charge is -2.23. The number of furan rings is 1. The van der Waals surface area contributed by atoms with Crippen molar-refractivity contribution in [2.24, 2.45) is 0 Å². The summed E-state index contributed by atoms with van der Waals surface area (Å²) in [5, 5.41) is 0. The summed E-state index contributed by atoms with van der Waals surface area (Å²) in [6.45, 7) is 2.81. The Morgan fingerprint density at radius 2 is 2.05 bits per heavy atom. The van der Waals surface area contributed by atoms with Crippen LogP contribution in [0.2, 0.25) is 0 Å². The molecule has 0 amide bonds. The fraction of sp³-hybridized carbons (Fsp3) is 0.312. The van der Waals surface area contributed by atoms with Gasteiger partial charge in [-0.1, -0.05) is 34.1 Å². The zero-order valence-corrected chi connectivity index (χ0v) is 13.9. The molecule has 0 aliphatic carbocycles. The van der Waals surface area contributed by atoms with Crippen molar-refractivity contribution in [3.05, 3.63) is 58.0 Å². The molecule has 0 aliphatic rings. The molecule has 0 radical (unpaired) electrons. The Balaban J connectivity index is 2.09. The van der Waals surface area contributed by atoms with Crippen LogP contribution >= 0.6 is 15.9 Å². The summed E-state index contributed by atoms with van der Waals surface area (Å²) in [6.07, 6.45) is 0. The summed E-state index contributed by atoms with van der Waals surface area (Å²) < 4.78 is 11.3. The Kier molecular flexibility index (Phi) is 5.20. The molecule has 0 fully saturated rings. The molecule has 2 aromatic rings. The van der Waals surface area contributed by atoms with Crippen LogP contribution in [0.3, 0.4) is 0 Å². The Bertz CT molecular complexity index is 623. The highest BCUT2D eigenvalue weighted by Gasteiger charge is 2.19. The summed E-state index contributed by atoms with van der Waals surface area (Å²) >= 11 is 3.55. The molecule has 0 saturated carbocycles. The van der Waals surface area contributed by atoms with Crippen molar-refractivity contribution in [3.63, 3.8) is 0 Å². The zero-order chi connectivity index (χ0) is 15.4. The van der Waals surface area contributed by atoms with Gasteiger partial charge in [0.15, 0.2) is 0 Å². The van der Waals surface area contributed by atoms with Gasteiger partial charge in [0.05, 0.1) is 13.2 Å². The first-order valence-corrected chi connectivity index (χ1v) is 7.44. The van der Waals surface area contributed by atoms with E-state index in [1.54, 1.807) is 6.07 Å². The molecule has 0 N–H and O–H groups in total. The van der Waals surface area contributed by atoms with Crippen LogP contribution in [-0.2, 0) is 11.3 Å². The first kappa shape index (κ1) is 15.8. The van der Waals surface area contributed by atoms with Gasteiger partial charge >= 0.3 is 5.97 Å². The number of carbonyl (C=O) groups excluding carboxylic acids is 1. The third-order valence-electron chi connectivity index (χ3n) is 3.46. The number of methoxy groups -OCH3 is 1. The first-order valence-electron chi connectivity index (χ1n) is 6.64. The van der Waals surface area contributed by atoms with Gasteiger partial charge in [-0.25, -0.2) is 4.79 Å². The number of ether oxygens (including phenoxy) is 1.